The zero-order valence-corrected chi connectivity index (χ0v) is 9.66. The molecule has 1 aliphatic carbocycles. The fraction of sp³-hybridized carbons (Fsp3) is 0.538. The molecule has 1 aromatic carbocycles. The van der Waals surface area contributed by atoms with Crippen LogP contribution < -0.4 is 10.5 Å². The second-order valence-corrected chi connectivity index (χ2v) is 4.66. The first-order chi connectivity index (χ1) is 7.13. The van der Waals surface area contributed by atoms with Crippen LogP contribution in [0.25, 0.3) is 0 Å². The summed E-state index contributed by atoms with van der Waals surface area (Å²) in [5, 5.41) is 0. The fourth-order valence-electron chi connectivity index (χ4n) is 1.97. The number of hydrogen-bond donors (Lipinski definition) is 1. The van der Waals surface area contributed by atoms with Crippen molar-refractivity contribution in [2.45, 2.75) is 38.1 Å². The average Bonchev–Trinajstić information content (AvgIpc) is 2.94. The van der Waals surface area contributed by atoms with Crippen LogP contribution in [0.1, 0.15) is 43.2 Å². The summed E-state index contributed by atoms with van der Waals surface area (Å²) in [6.07, 6.45) is 1.10. The van der Waals surface area contributed by atoms with Crippen molar-refractivity contribution in [3.05, 3.63) is 29.3 Å². The maximum Gasteiger partial charge on any atom is 0.122 e. The highest BCUT2D eigenvalue weighted by Gasteiger charge is 2.37. The third-order valence-electron chi connectivity index (χ3n) is 3.16. The third-order valence-corrected chi connectivity index (χ3v) is 3.16. The molecule has 1 aromatic rings. The van der Waals surface area contributed by atoms with Crippen LogP contribution in [0.15, 0.2) is 18.2 Å². The maximum atomic E-state index is 5.89. The number of nitrogens with two attached hydrogens (primary N) is 1. The molecular weight excluding hydrogens is 186 g/mol. The zero-order valence-electron chi connectivity index (χ0n) is 9.66. The molecule has 2 atom stereocenters. The Morgan fingerprint density at radius 1 is 1.40 bits per heavy atom. The van der Waals surface area contributed by atoms with Gasteiger partial charge in [-0.2, -0.15) is 0 Å². The lowest BCUT2D eigenvalue weighted by Crippen LogP contribution is -2.03. The van der Waals surface area contributed by atoms with Gasteiger partial charge in [-0.25, -0.2) is 0 Å². The van der Waals surface area contributed by atoms with Gasteiger partial charge in [-0.15, -0.1) is 0 Å². The van der Waals surface area contributed by atoms with Gasteiger partial charge in [0.15, 0.2) is 0 Å². The van der Waals surface area contributed by atoms with E-state index in [-0.39, 0.29) is 0 Å². The molecule has 0 aromatic heterocycles. The van der Waals surface area contributed by atoms with E-state index in [4.69, 9.17) is 10.5 Å². The molecule has 0 bridgehead atoms. The van der Waals surface area contributed by atoms with Crippen LogP contribution in [0.5, 0.6) is 5.75 Å². The molecule has 2 N–H and O–H groups in total. The van der Waals surface area contributed by atoms with Gasteiger partial charge in [0, 0.05) is 12.0 Å². The van der Waals surface area contributed by atoms with Gasteiger partial charge in [-0.1, -0.05) is 26.0 Å². The Balaban J connectivity index is 2.35. The van der Waals surface area contributed by atoms with E-state index in [1.165, 1.54) is 11.1 Å². The molecular formula is C13H19NO. The molecule has 2 rings (SSSR count). The van der Waals surface area contributed by atoms with E-state index < -0.39 is 0 Å². The molecule has 0 saturated heterocycles. The van der Waals surface area contributed by atoms with Crippen molar-refractivity contribution in [2.24, 2.45) is 5.73 Å². The van der Waals surface area contributed by atoms with Crippen molar-refractivity contribution < 1.29 is 4.74 Å². The molecule has 0 heterocycles. The Kier molecular flexibility index (Phi) is 2.70. The van der Waals surface area contributed by atoms with Crippen LogP contribution in [0.4, 0.5) is 0 Å². The summed E-state index contributed by atoms with van der Waals surface area (Å²) in [6, 6.07) is 6.79. The molecule has 0 radical (unpaired) electrons. The molecule has 82 valence electrons. The van der Waals surface area contributed by atoms with Crippen molar-refractivity contribution in [1.29, 1.82) is 0 Å². The van der Waals surface area contributed by atoms with Gasteiger partial charge in [0.1, 0.15) is 5.75 Å². The SMILES string of the molecule is COc1ccc(C(C)C)cc1C1CC1N. The standard InChI is InChI=1S/C13H19NO/c1-8(2)9-4-5-13(15-3)11(6-9)10-7-12(10)14/h4-6,8,10,12H,7,14H2,1-3H3. The van der Waals surface area contributed by atoms with Gasteiger partial charge in [0.05, 0.1) is 7.11 Å². The Hall–Kier alpha value is -1.02. The molecule has 1 saturated carbocycles. The minimum absolute atomic E-state index is 0.335. The lowest BCUT2D eigenvalue weighted by molar-refractivity contribution is 0.409. The van der Waals surface area contributed by atoms with Gasteiger partial charge in [-0.3, -0.25) is 0 Å². The number of benzene rings is 1. The molecule has 0 amide bonds. The molecule has 1 fully saturated rings. The minimum Gasteiger partial charge on any atom is -0.496 e. The van der Waals surface area contributed by atoms with E-state index in [1.807, 2.05) is 0 Å². The van der Waals surface area contributed by atoms with Crippen molar-refractivity contribution in [2.75, 3.05) is 7.11 Å². The summed E-state index contributed by atoms with van der Waals surface area (Å²) < 4.78 is 5.37. The van der Waals surface area contributed by atoms with Crippen molar-refractivity contribution in [3.8, 4) is 5.75 Å². The highest BCUT2D eigenvalue weighted by Crippen LogP contribution is 2.44. The Morgan fingerprint density at radius 2 is 2.07 bits per heavy atom. The summed E-state index contributed by atoms with van der Waals surface area (Å²) in [7, 11) is 1.72. The summed E-state index contributed by atoms with van der Waals surface area (Å²) in [5.74, 6) is 2.06. The monoisotopic (exact) mass is 205 g/mol. The van der Waals surface area contributed by atoms with Crippen LogP contribution in [0, 0.1) is 0 Å². The third kappa shape index (κ3) is 2.00. The van der Waals surface area contributed by atoms with E-state index >= 15 is 0 Å². The Bertz CT molecular complexity index is 360. The van der Waals surface area contributed by atoms with Crippen molar-refractivity contribution >= 4 is 0 Å². The summed E-state index contributed by atoms with van der Waals surface area (Å²) in [4.78, 5) is 0. The summed E-state index contributed by atoms with van der Waals surface area (Å²) in [6.45, 7) is 4.41. The lowest BCUT2D eigenvalue weighted by atomic mass is 9.98. The number of hydrogen-bond acceptors (Lipinski definition) is 2. The van der Waals surface area contributed by atoms with E-state index in [2.05, 4.69) is 32.0 Å². The predicted octanol–water partition coefficient (Wildman–Crippen LogP) is 2.63. The number of rotatable bonds is 3. The van der Waals surface area contributed by atoms with Gasteiger partial charge in [0.25, 0.3) is 0 Å². The van der Waals surface area contributed by atoms with E-state index in [9.17, 15) is 0 Å². The van der Waals surface area contributed by atoms with Crippen LogP contribution in [0.2, 0.25) is 0 Å². The van der Waals surface area contributed by atoms with Gasteiger partial charge in [0.2, 0.25) is 0 Å². The van der Waals surface area contributed by atoms with E-state index in [0.717, 1.165) is 12.2 Å². The molecule has 15 heavy (non-hydrogen) atoms. The van der Waals surface area contributed by atoms with Gasteiger partial charge in [-0.05, 0) is 29.5 Å². The van der Waals surface area contributed by atoms with Crippen molar-refractivity contribution in [1.82, 2.24) is 0 Å². The van der Waals surface area contributed by atoms with Gasteiger partial charge < -0.3 is 10.5 Å². The Morgan fingerprint density at radius 3 is 2.53 bits per heavy atom. The quantitative estimate of drug-likeness (QED) is 0.823. The number of methoxy groups -OCH3 is 1. The second kappa shape index (κ2) is 3.86. The van der Waals surface area contributed by atoms with E-state index in [1.54, 1.807) is 7.11 Å². The highest BCUT2D eigenvalue weighted by molar-refractivity contribution is 5.44. The van der Waals surface area contributed by atoms with E-state index in [0.29, 0.717) is 17.9 Å². The maximum absolute atomic E-state index is 5.89. The second-order valence-electron chi connectivity index (χ2n) is 4.66. The molecule has 2 nitrogen and oxygen atoms in total. The first-order valence-electron chi connectivity index (χ1n) is 5.57. The largest absolute Gasteiger partial charge is 0.496 e. The predicted molar refractivity (Wildman–Crippen MR) is 62.4 cm³/mol. The van der Waals surface area contributed by atoms with Crippen LogP contribution in [-0.4, -0.2) is 13.2 Å². The van der Waals surface area contributed by atoms with Crippen LogP contribution in [0.3, 0.4) is 0 Å². The summed E-state index contributed by atoms with van der Waals surface area (Å²) >= 11 is 0. The topological polar surface area (TPSA) is 35.2 Å². The molecule has 2 unspecified atom stereocenters. The number of ether oxygens (including phenoxy) is 1. The minimum atomic E-state index is 0.335. The first-order valence-corrected chi connectivity index (χ1v) is 5.57. The molecule has 2 heteroatoms. The normalized spacial score (nSPS) is 24.3. The van der Waals surface area contributed by atoms with Gasteiger partial charge >= 0.3 is 0 Å². The van der Waals surface area contributed by atoms with Crippen LogP contribution in [-0.2, 0) is 0 Å². The zero-order chi connectivity index (χ0) is 11.0. The lowest BCUT2D eigenvalue weighted by Gasteiger charge is -2.12. The first kappa shape index (κ1) is 10.5. The highest BCUT2D eigenvalue weighted by atomic mass is 16.5. The summed E-state index contributed by atoms with van der Waals surface area (Å²) in [5.41, 5.74) is 8.55. The van der Waals surface area contributed by atoms with Crippen molar-refractivity contribution in [3.63, 3.8) is 0 Å². The molecule has 0 spiro atoms. The van der Waals surface area contributed by atoms with Crippen LogP contribution >= 0.6 is 0 Å². The molecule has 0 aliphatic heterocycles. The Labute approximate surface area is 91.4 Å². The fourth-order valence-corrected chi connectivity index (χ4v) is 1.97. The smallest absolute Gasteiger partial charge is 0.122 e. The average molecular weight is 205 g/mol. The molecule has 1 aliphatic rings.